The van der Waals surface area contributed by atoms with Gasteiger partial charge in [0.2, 0.25) is 5.91 Å². The molecule has 0 aromatic heterocycles. The predicted octanol–water partition coefficient (Wildman–Crippen LogP) is 0.217. The van der Waals surface area contributed by atoms with Gasteiger partial charge in [0.15, 0.2) is 0 Å². The Morgan fingerprint density at radius 1 is 1.57 bits per heavy atom. The summed E-state index contributed by atoms with van der Waals surface area (Å²) in [5, 5.41) is 0. The van der Waals surface area contributed by atoms with Gasteiger partial charge in [0.25, 0.3) is 0 Å². The Kier molecular flexibility index (Phi) is 3.89. The molecule has 1 aliphatic heterocycles. The monoisotopic (exact) mass is 200 g/mol. The van der Waals surface area contributed by atoms with Crippen molar-refractivity contribution < 1.29 is 9.53 Å². The van der Waals surface area contributed by atoms with E-state index in [0.717, 1.165) is 0 Å². The highest BCUT2D eigenvalue weighted by atomic mass is 16.5. The van der Waals surface area contributed by atoms with Crippen LogP contribution in [-0.4, -0.2) is 42.6 Å². The smallest absolute Gasteiger partial charge is 0.239 e. The summed E-state index contributed by atoms with van der Waals surface area (Å²) in [6, 6.07) is -0.375. The van der Waals surface area contributed by atoms with E-state index in [1.54, 1.807) is 4.90 Å². The Labute approximate surface area is 85.4 Å². The second kappa shape index (κ2) is 4.75. The first-order valence-electron chi connectivity index (χ1n) is 5.18. The summed E-state index contributed by atoms with van der Waals surface area (Å²) < 4.78 is 5.36. The Morgan fingerprint density at radius 3 is 2.71 bits per heavy atom. The maximum absolute atomic E-state index is 11.8. The van der Waals surface area contributed by atoms with Crippen LogP contribution in [0.1, 0.15) is 20.8 Å². The zero-order chi connectivity index (χ0) is 10.7. The summed E-state index contributed by atoms with van der Waals surface area (Å²) in [4.78, 5) is 13.6. The molecule has 1 rings (SSSR count). The van der Waals surface area contributed by atoms with Crippen LogP contribution in [0.15, 0.2) is 0 Å². The van der Waals surface area contributed by atoms with Gasteiger partial charge in [0.1, 0.15) is 0 Å². The fourth-order valence-corrected chi connectivity index (χ4v) is 1.51. The molecule has 2 atom stereocenters. The summed E-state index contributed by atoms with van der Waals surface area (Å²) in [5.74, 6) is 0.246. The fraction of sp³-hybridized carbons (Fsp3) is 0.900. The van der Waals surface area contributed by atoms with Crippen LogP contribution >= 0.6 is 0 Å². The summed E-state index contributed by atoms with van der Waals surface area (Å²) in [5.41, 5.74) is 5.80. The van der Waals surface area contributed by atoms with Gasteiger partial charge in [-0.25, -0.2) is 0 Å². The van der Waals surface area contributed by atoms with Crippen molar-refractivity contribution in [2.45, 2.75) is 32.9 Å². The normalized spacial score (nSPS) is 25.2. The quantitative estimate of drug-likeness (QED) is 0.693. The number of nitrogens with zero attached hydrogens (tertiary/aromatic N) is 1. The molecule has 0 aliphatic carbocycles. The van der Waals surface area contributed by atoms with Crippen molar-refractivity contribution in [3.63, 3.8) is 0 Å². The Morgan fingerprint density at radius 2 is 2.21 bits per heavy atom. The first-order chi connectivity index (χ1) is 6.52. The minimum Gasteiger partial charge on any atom is -0.375 e. The van der Waals surface area contributed by atoms with Crippen molar-refractivity contribution in [2.24, 2.45) is 11.7 Å². The third kappa shape index (κ3) is 2.69. The molecular weight excluding hydrogens is 180 g/mol. The molecule has 14 heavy (non-hydrogen) atoms. The van der Waals surface area contributed by atoms with E-state index in [-0.39, 0.29) is 24.0 Å². The van der Waals surface area contributed by atoms with E-state index < -0.39 is 0 Å². The third-order valence-corrected chi connectivity index (χ3v) is 2.56. The Bertz CT molecular complexity index is 206. The molecule has 1 saturated heterocycles. The molecule has 4 nitrogen and oxygen atoms in total. The summed E-state index contributed by atoms with van der Waals surface area (Å²) in [6.07, 6.45) is 0.132. The SMILES string of the molecule is CC1CN(C(=O)[C@H](N)C(C)C)CCO1. The van der Waals surface area contributed by atoms with Gasteiger partial charge in [-0.1, -0.05) is 13.8 Å². The van der Waals surface area contributed by atoms with Crippen molar-refractivity contribution in [1.82, 2.24) is 4.90 Å². The van der Waals surface area contributed by atoms with Gasteiger partial charge < -0.3 is 15.4 Å². The van der Waals surface area contributed by atoms with Crippen LogP contribution in [0.4, 0.5) is 0 Å². The predicted molar refractivity (Wildman–Crippen MR) is 54.8 cm³/mol. The lowest BCUT2D eigenvalue weighted by Gasteiger charge is -2.33. The first kappa shape index (κ1) is 11.5. The lowest BCUT2D eigenvalue weighted by Crippen LogP contribution is -2.52. The average Bonchev–Trinajstić information content (AvgIpc) is 2.15. The van der Waals surface area contributed by atoms with Gasteiger partial charge in [-0.3, -0.25) is 4.79 Å². The minimum atomic E-state index is -0.375. The summed E-state index contributed by atoms with van der Waals surface area (Å²) >= 11 is 0. The van der Waals surface area contributed by atoms with Gasteiger partial charge in [-0.15, -0.1) is 0 Å². The highest BCUT2D eigenvalue weighted by Crippen LogP contribution is 2.09. The number of rotatable bonds is 2. The third-order valence-electron chi connectivity index (χ3n) is 2.56. The van der Waals surface area contributed by atoms with Gasteiger partial charge in [-0.2, -0.15) is 0 Å². The number of ether oxygens (including phenoxy) is 1. The molecule has 1 unspecified atom stereocenters. The molecule has 1 amide bonds. The largest absolute Gasteiger partial charge is 0.375 e. The van der Waals surface area contributed by atoms with E-state index in [0.29, 0.717) is 19.7 Å². The number of carbonyl (C=O) groups excluding carboxylic acids is 1. The zero-order valence-electron chi connectivity index (χ0n) is 9.19. The Hall–Kier alpha value is -0.610. The number of nitrogens with two attached hydrogens (primary N) is 1. The number of hydrogen-bond acceptors (Lipinski definition) is 3. The molecule has 0 aromatic rings. The van der Waals surface area contributed by atoms with Crippen molar-refractivity contribution in [3.8, 4) is 0 Å². The molecule has 4 heteroatoms. The standard InChI is InChI=1S/C10H20N2O2/c1-7(2)9(11)10(13)12-4-5-14-8(3)6-12/h7-9H,4-6,11H2,1-3H3/t8?,9-/m1/s1. The zero-order valence-corrected chi connectivity index (χ0v) is 9.19. The molecule has 0 saturated carbocycles. The van der Waals surface area contributed by atoms with Crippen LogP contribution < -0.4 is 5.73 Å². The molecule has 1 aliphatic rings. The van der Waals surface area contributed by atoms with Gasteiger partial charge in [0.05, 0.1) is 18.8 Å². The van der Waals surface area contributed by atoms with Crippen LogP contribution in [0.5, 0.6) is 0 Å². The van der Waals surface area contributed by atoms with E-state index in [2.05, 4.69) is 0 Å². The topological polar surface area (TPSA) is 55.6 Å². The van der Waals surface area contributed by atoms with E-state index in [9.17, 15) is 4.79 Å². The van der Waals surface area contributed by atoms with E-state index in [1.165, 1.54) is 0 Å². The maximum atomic E-state index is 11.8. The molecule has 2 N–H and O–H groups in total. The lowest BCUT2D eigenvalue weighted by molar-refractivity contribution is -0.140. The number of hydrogen-bond donors (Lipinski definition) is 1. The van der Waals surface area contributed by atoms with Crippen LogP contribution in [0.2, 0.25) is 0 Å². The molecule has 1 fully saturated rings. The molecule has 0 aromatic carbocycles. The molecular formula is C10H20N2O2. The number of morpholine rings is 1. The maximum Gasteiger partial charge on any atom is 0.239 e. The highest BCUT2D eigenvalue weighted by molar-refractivity contribution is 5.82. The van der Waals surface area contributed by atoms with E-state index >= 15 is 0 Å². The van der Waals surface area contributed by atoms with E-state index in [4.69, 9.17) is 10.5 Å². The molecule has 0 radical (unpaired) electrons. The second-order valence-corrected chi connectivity index (χ2v) is 4.24. The van der Waals surface area contributed by atoms with Crippen molar-refractivity contribution in [1.29, 1.82) is 0 Å². The molecule has 1 heterocycles. The second-order valence-electron chi connectivity index (χ2n) is 4.24. The number of carbonyl (C=O) groups is 1. The molecule has 82 valence electrons. The van der Waals surface area contributed by atoms with Crippen LogP contribution in [0, 0.1) is 5.92 Å². The number of amides is 1. The van der Waals surface area contributed by atoms with Crippen LogP contribution in [0.25, 0.3) is 0 Å². The van der Waals surface area contributed by atoms with Crippen molar-refractivity contribution >= 4 is 5.91 Å². The first-order valence-corrected chi connectivity index (χ1v) is 5.18. The van der Waals surface area contributed by atoms with Gasteiger partial charge >= 0.3 is 0 Å². The summed E-state index contributed by atoms with van der Waals surface area (Å²) in [7, 11) is 0. The average molecular weight is 200 g/mol. The fourth-order valence-electron chi connectivity index (χ4n) is 1.51. The van der Waals surface area contributed by atoms with E-state index in [1.807, 2.05) is 20.8 Å². The lowest BCUT2D eigenvalue weighted by atomic mass is 10.0. The van der Waals surface area contributed by atoms with Crippen LogP contribution in [0.3, 0.4) is 0 Å². The van der Waals surface area contributed by atoms with Crippen LogP contribution in [-0.2, 0) is 9.53 Å². The van der Waals surface area contributed by atoms with Crippen molar-refractivity contribution in [3.05, 3.63) is 0 Å². The Balaban J connectivity index is 2.51. The van der Waals surface area contributed by atoms with Crippen molar-refractivity contribution in [2.75, 3.05) is 19.7 Å². The molecule has 0 spiro atoms. The minimum absolute atomic E-state index is 0.0511. The molecule has 0 bridgehead atoms. The summed E-state index contributed by atoms with van der Waals surface area (Å²) in [6.45, 7) is 7.86. The highest BCUT2D eigenvalue weighted by Gasteiger charge is 2.26. The van der Waals surface area contributed by atoms with Gasteiger partial charge in [-0.05, 0) is 12.8 Å². The van der Waals surface area contributed by atoms with Gasteiger partial charge in [0, 0.05) is 13.1 Å².